The Labute approximate surface area is 179 Å². The number of aryl methyl sites for hydroxylation is 1. The first-order valence-corrected chi connectivity index (χ1v) is 10.0. The summed E-state index contributed by atoms with van der Waals surface area (Å²) in [7, 11) is 1.74. The van der Waals surface area contributed by atoms with Crippen LogP contribution in [0, 0.1) is 5.41 Å². The first-order valence-electron chi connectivity index (χ1n) is 10.0. The van der Waals surface area contributed by atoms with Gasteiger partial charge in [0.2, 0.25) is 5.91 Å². The summed E-state index contributed by atoms with van der Waals surface area (Å²) < 4.78 is 3.06. The molecule has 3 aromatic rings. The van der Waals surface area contributed by atoms with Crippen LogP contribution in [-0.4, -0.2) is 48.0 Å². The van der Waals surface area contributed by atoms with Gasteiger partial charge in [0.15, 0.2) is 11.6 Å². The molecule has 2 amide bonds. The number of carbonyl (C=O) groups is 2. The Morgan fingerprint density at radius 1 is 1.29 bits per heavy atom. The molecule has 3 aromatic heterocycles. The molecule has 1 saturated heterocycles. The summed E-state index contributed by atoms with van der Waals surface area (Å²) in [6, 6.07) is 5.02. The Balaban J connectivity index is 1.58. The molecule has 0 radical (unpaired) electrons. The molecule has 0 bridgehead atoms. The molecule has 1 atom stereocenters. The number of anilines is 2. The van der Waals surface area contributed by atoms with E-state index in [2.05, 4.69) is 20.5 Å². The van der Waals surface area contributed by atoms with E-state index in [0.717, 1.165) is 6.42 Å². The fraction of sp³-hybridized carbons (Fsp3) is 0.381. The maximum Gasteiger partial charge on any atom is 0.274 e. The van der Waals surface area contributed by atoms with E-state index in [0.29, 0.717) is 29.4 Å². The maximum absolute atomic E-state index is 12.9. The van der Waals surface area contributed by atoms with Gasteiger partial charge in [0.05, 0.1) is 18.5 Å². The first-order chi connectivity index (χ1) is 14.7. The third-order valence-corrected chi connectivity index (χ3v) is 5.38. The smallest absolute Gasteiger partial charge is 0.274 e. The van der Waals surface area contributed by atoms with Gasteiger partial charge in [0.25, 0.3) is 5.91 Å². The van der Waals surface area contributed by atoms with Crippen molar-refractivity contribution in [2.75, 3.05) is 16.8 Å². The molecule has 4 heterocycles. The molecule has 10 nitrogen and oxygen atoms in total. The quantitative estimate of drug-likeness (QED) is 0.649. The number of nitrogens with zero attached hydrogens (tertiary/aromatic N) is 6. The second kappa shape index (κ2) is 7.62. The SMILES string of the molecule is CC(O)c1cnn(-c2cccc(C(=O)Nc3cn(C)nc3N3CCC(C)(C)C3=O)n2)c1. The molecule has 0 aromatic carbocycles. The van der Waals surface area contributed by atoms with Crippen LogP contribution in [0.2, 0.25) is 0 Å². The van der Waals surface area contributed by atoms with Crippen LogP contribution in [0.1, 0.15) is 49.3 Å². The zero-order valence-electron chi connectivity index (χ0n) is 17.9. The van der Waals surface area contributed by atoms with E-state index in [-0.39, 0.29) is 11.6 Å². The minimum Gasteiger partial charge on any atom is -0.389 e. The van der Waals surface area contributed by atoms with Gasteiger partial charge >= 0.3 is 0 Å². The molecule has 31 heavy (non-hydrogen) atoms. The highest BCUT2D eigenvalue weighted by atomic mass is 16.3. The van der Waals surface area contributed by atoms with E-state index >= 15 is 0 Å². The molecule has 0 spiro atoms. The lowest BCUT2D eigenvalue weighted by molar-refractivity contribution is -0.124. The standard InChI is InChI=1S/C21H25N7O3/c1-13(29)14-10-22-28(11-14)17-7-5-6-15(23-17)19(30)24-16-12-26(4)25-18(16)27-9-8-21(2,3)20(27)31/h5-7,10-13,29H,8-9H2,1-4H3,(H,24,30). The lowest BCUT2D eigenvalue weighted by Crippen LogP contribution is -2.32. The summed E-state index contributed by atoms with van der Waals surface area (Å²) in [5.74, 6) is 0.429. The van der Waals surface area contributed by atoms with Crippen LogP contribution in [0.25, 0.3) is 5.82 Å². The van der Waals surface area contributed by atoms with Gasteiger partial charge in [-0.15, -0.1) is 0 Å². The van der Waals surface area contributed by atoms with Crippen molar-refractivity contribution in [3.05, 3.63) is 48.0 Å². The topological polar surface area (TPSA) is 118 Å². The van der Waals surface area contributed by atoms with E-state index in [1.165, 1.54) is 4.68 Å². The highest BCUT2D eigenvalue weighted by Crippen LogP contribution is 2.36. The van der Waals surface area contributed by atoms with Crippen molar-refractivity contribution >= 4 is 23.3 Å². The zero-order valence-corrected chi connectivity index (χ0v) is 17.9. The van der Waals surface area contributed by atoms with Gasteiger partial charge in [0, 0.05) is 30.8 Å². The number of nitrogens with one attached hydrogen (secondary N) is 1. The van der Waals surface area contributed by atoms with Crippen LogP contribution in [-0.2, 0) is 11.8 Å². The lowest BCUT2D eigenvalue weighted by atomic mass is 9.92. The number of aliphatic hydroxyl groups is 1. The predicted octanol–water partition coefficient (Wildman–Crippen LogP) is 2.07. The van der Waals surface area contributed by atoms with Crippen molar-refractivity contribution in [3.8, 4) is 5.82 Å². The Morgan fingerprint density at radius 2 is 2.06 bits per heavy atom. The molecular weight excluding hydrogens is 398 g/mol. The van der Waals surface area contributed by atoms with E-state index in [1.54, 1.807) is 60.3 Å². The normalized spacial score (nSPS) is 16.5. The highest BCUT2D eigenvalue weighted by Gasteiger charge is 2.41. The van der Waals surface area contributed by atoms with Crippen LogP contribution >= 0.6 is 0 Å². The fourth-order valence-corrected chi connectivity index (χ4v) is 3.47. The highest BCUT2D eigenvalue weighted by molar-refractivity contribution is 6.07. The number of rotatable bonds is 5. The second-order valence-electron chi connectivity index (χ2n) is 8.36. The zero-order chi connectivity index (χ0) is 22.3. The van der Waals surface area contributed by atoms with Gasteiger partial charge in [-0.2, -0.15) is 10.2 Å². The second-order valence-corrected chi connectivity index (χ2v) is 8.36. The maximum atomic E-state index is 12.9. The molecule has 1 fully saturated rings. The Bertz CT molecular complexity index is 1150. The number of hydrogen-bond donors (Lipinski definition) is 2. The molecule has 10 heteroatoms. The summed E-state index contributed by atoms with van der Waals surface area (Å²) >= 11 is 0. The third-order valence-electron chi connectivity index (χ3n) is 5.38. The Morgan fingerprint density at radius 3 is 2.71 bits per heavy atom. The molecule has 1 unspecified atom stereocenters. The molecule has 162 valence electrons. The van der Waals surface area contributed by atoms with Gasteiger partial charge in [-0.1, -0.05) is 19.9 Å². The monoisotopic (exact) mass is 423 g/mol. The van der Waals surface area contributed by atoms with E-state index in [4.69, 9.17) is 0 Å². The van der Waals surface area contributed by atoms with Crippen molar-refractivity contribution in [3.63, 3.8) is 0 Å². The molecular formula is C21H25N7O3. The summed E-state index contributed by atoms with van der Waals surface area (Å²) in [6.07, 6.45) is 4.95. The molecule has 1 aliphatic heterocycles. The number of aromatic nitrogens is 5. The number of pyridine rings is 1. The van der Waals surface area contributed by atoms with Crippen molar-refractivity contribution in [1.29, 1.82) is 0 Å². The Kier molecular flexibility index (Phi) is 5.10. The van der Waals surface area contributed by atoms with Crippen LogP contribution in [0.15, 0.2) is 36.8 Å². The number of aliphatic hydroxyl groups excluding tert-OH is 1. The first kappa shape index (κ1) is 20.7. The average molecular weight is 423 g/mol. The van der Waals surface area contributed by atoms with Crippen molar-refractivity contribution in [2.45, 2.75) is 33.3 Å². The molecule has 0 saturated carbocycles. The molecule has 4 rings (SSSR count). The van der Waals surface area contributed by atoms with E-state index in [9.17, 15) is 14.7 Å². The number of amides is 2. The molecule has 1 aliphatic rings. The van der Waals surface area contributed by atoms with Crippen LogP contribution in [0.4, 0.5) is 11.5 Å². The van der Waals surface area contributed by atoms with Gasteiger partial charge in [-0.3, -0.25) is 19.2 Å². The summed E-state index contributed by atoms with van der Waals surface area (Å²) in [5.41, 5.74) is 0.828. The summed E-state index contributed by atoms with van der Waals surface area (Å²) in [6.45, 7) is 6.01. The summed E-state index contributed by atoms with van der Waals surface area (Å²) in [5, 5.41) is 21.1. The minimum absolute atomic E-state index is 0.0191. The van der Waals surface area contributed by atoms with E-state index in [1.807, 2.05) is 13.8 Å². The van der Waals surface area contributed by atoms with Crippen LogP contribution in [0.5, 0.6) is 0 Å². The number of carbonyl (C=O) groups excluding carboxylic acids is 2. The average Bonchev–Trinajstić information content (AvgIpc) is 3.41. The Hall–Kier alpha value is -3.53. The molecule has 0 aliphatic carbocycles. The van der Waals surface area contributed by atoms with Gasteiger partial charge < -0.3 is 10.4 Å². The van der Waals surface area contributed by atoms with Crippen molar-refractivity contribution in [1.82, 2.24) is 24.5 Å². The summed E-state index contributed by atoms with van der Waals surface area (Å²) in [4.78, 5) is 31.6. The van der Waals surface area contributed by atoms with Gasteiger partial charge in [-0.25, -0.2) is 9.67 Å². The van der Waals surface area contributed by atoms with Crippen LogP contribution < -0.4 is 10.2 Å². The lowest BCUT2D eigenvalue weighted by Gasteiger charge is -2.18. The van der Waals surface area contributed by atoms with Gasteiger partial charge in [-0.05, 0) is 25.5 Å². The van der Waals surface area contributed by atoms with Crippen molar-refractivity contribution in [2.24, 2.45) is 12.5 Å². The van der Waals surface area contributed by atoms with Crippen molar-refractivity contribution < 1.29 is 14.7 Å². The van der Waals surface area contributed by atoms with Gasteiger partial charge in [0.1, 0.15) is 11.4 Å². The predicted molar refractivity (Wildman–Crippen MR) is 114 cm³/mol. The van der Waals surface area contributed by atoms with Crippen LogP contribution in [0.3, 0.4) is 0 Å². The number of hydrogen-bond acceptors (Lipinski definition) is 6. The van der Waals surface area contributed by atoms with E-state index < -0.39 is 17.4 Å². The third kappa shape index (κ3) is 3.93. The minimum atomic E-state index is -0.650. The fourth-order valence-electron chi connectivity index (χ4n) is 3.47. The largest absolute Gasteiger partial charge is 0.389 e. The molecule has 2 N–H and O–H groups in total.